The summed E-state index contributed by atoms with van der Waals surface area (Å²) in [7, 11) is 0. The van der Waals surface area contributed by atoms with Gasteiger partial charge in [-0.1, -0.05) is 29.8 Å². The van der Waals surface area contributed by atoms with Gasteiger partial charge in [-0.15, -0.1) is 0 Å². The first kappa shape index (κ1) is 13.2. The van der Waals surface area contributed by atoms with E-state index in [1.807, 2.05) is 12.3 Å². The van der Waals surface area contributed by atoms with Crippen molar-refractivity contribution >= 4 is 15.9 Å². The highest BCUT2D eigenvalue weighted by Crippen LogP contribution is 2.20. The number of rotatable bonds is 4. The molecule has 0 aliphatic carbocycles. The van der Waals surface area contributed by atoms with Gasteiger partial charge in [0.1, 0.15) is 0 Å². The molecule has 94 valence electrons. The average molecular weight is 306 g/mol. The van der Waals surface area contributed by atoms with Gasteiger partial charge in [-0.25, -0.2) is 0 Å². The smallest absolute Gasteiger partial charge is 0.0500 e. The summed E-state index contributed by atoms with van der Waals surface area (Å²) in [4.78, 5) is 4.17. The lowest BCUT2D eigenvalue weighted by molar-refractivity contribution is 0.551. The second-order valence-corrected chi connectivity index (χ2v) is 5.26. The summed E-state index contributed by atoms with van der Waals surface area (Å²) in [5.74, 6) is 5.66. The first-order valence-electron chi connectivity index (χ1n) is 5.81. The monoisotopic (exact) mass is 305 g/mol. The van der Waals surface area contributed by atoms with Crippen LogP contribution in [0.15, 0.2) is 47.2 Å². The second kappa shape index (κ2) is 6.09. The molecule has 0 saturated carbocycles. The van der Waals surface area contributed by atoms with Crippen LogP contribution in [0.5, 0.6) is 0 Å². The SMILES string of the molecule is Cc1cccc(C(Cc2cncc(Br)c2)NN)c1. The fourth-order valence-electron chi connectivity index (χ4n) is 1.96. The molecule has 0 spiro atoms. The van der Waals surface area contributed by atoms with Gasteiger partial charge in [0.2, 0.25) is 0 Å². The Bertz CT molecular complexity index is 528. The summed E-state index contributed by atoms with van der Waals surface area (Å²) in [6.45, 7) is 2.08. The maximum Gasteiger partial charge on any atom is 0.0500 e. The normalized spacial score (nSPS) is 12.4. The van der Waals surface area contributed by atoms with Gasteiger partial charge in [-0.2, -0.15) is 0 Å². The number of nitrogens with zero attached hydrogens (tertiary/aromatic N) is 1. The highest BCUT2D eigenvalue weighted by molar-refractivity contribution is 9.10. The summed E-state index contributed by atoms with van der Waals surface area (Å²) in [5.41, 5.74) is 6.45. The van der Waals surface area contributed by atoms with E-state index < -0.39 is 0 Å². The Morgan fingerprint density at radius 2 is 2.17 bits per heavy atom. The molecule has 2 rings (SSSR count). The van der Waals surface area contributed by atoms with E-state index in [4.69, 9.17) is 5.84 Å². The molecule has 2 aromatic rings. The van der Waals surface area contributed by atoms with E-state index >= 15 is 0 Å². The van der Waals surface area contributed by atoms with Gasteiger partial charge >= 0.3 is 0 Å². The Balaban J connectivity index is 2.19. The number of halogens is 1. The minimum atomic E-state index is 0.0981. The number of hydrogen-bond acceptors (Lipinski definition) is 3. The van der Waals surface area contributed by atoms with Crippen molar-refractivity contribution in [2.24, 2.45) is 5.84 Å². The Kier molecular flexibility index (Phi) is 4.47. The molecule has 1 aromatic carbocycles. The second-order valence-electron chi connectivity index (χ2n) is 4.35. The molecule has 18 heavy (non-hydrogen) atoms. The molecule has 0 aliphatic heterocycles. The minimum Gasteiger partial charge on any atom is -0.271 e. The molecule has 0 radical (unpaired) electrons. The highest BCUT2D eigenvalue weighted by Gasteiger charge is 2.11. The summed E-state index contributed by atoms with van der Waals surface area (Å²) >= 11 is 3.43. The molecule has 3 nitrogen and oxygen atoms in total. The number of nitrogens with two attached hydrogens (primary N) is 1. The summed E-state index contributed by atoms with van der Waals surface area (Å²) < 4.78 is 0.986. The van der Waals surface area contributed by atoms with Crippen LogP contribution in [-0.2, 0) is 6.42 Å². The van der Waals surface area contributed by atoms with Crippen LogP contribution in [0.2, 0.25) is 0 Å². The van der Waals surface area contributed by atoms with Crippen molar-refractivity contribution < 1.29 is 0 Å². The third kappa shape index (κ3) is 3.38. The van der Waals surface area contributed by atoms with Crippen LogP contribution in [0.1, 0.15) is 22.7 Å². The van der Waals surface area contributed by atoms with Gasteiger partial charge in [-0.05, 0) is 46.5 Å². The molecule has 0 bridgehead atoms. The molecule has 1 atom stereocenters. The van der Waals surface area contributed by atoms with Crippen LogP contribution >= 0.6 is 15.9 Å². The molecule has 0 saturated heterocycles. The molecular formula is C14H16BrN3. The number of pyridine rings is 1. The van der Waals surface area contributed by atoms with E-state index in [9.17, 15) is 0 Å². The average Bonchev–Trinajstić information content (AvgIpc) is 2.36. The van der Waals surface area contributed by atoms with E-state index in [0.29, 0.717) is 0 Å². The Morgan fingerprint density at radius 3 is 2.83 bits per heavy atom. The number of aromatic nitrogens is 1. The Labute approximate surface area is 116 Å². The lowest BCUT2D eigenvalue weighted by atomic mass is 9.99. The van der Waals surface area contributed by atoms with Crippen molar-refractivity contribution in [3.8, 4) is 0 Å². The van der Waals surface area contributed by atoms with Crippen molar-refractivity contribution in [2.45, 2.75) is 19.4 Å². The van der Waals surface area contributed by atoms with Gasteiger partial charge in [0.25, 0.3) is 0 Å². The Hall–Kier alpha value is -1.23. The van der Waals surface area contributed by atoms with Crippen molar-refractivity contribution in [2.75, 3.05) is 0 Å². The molecule has 3 N–H and O–H groups in total. The molecule has 4 heteroatoms. The Morgan fingerprint density at radius 1 is 1.33 bits per heavy atom. The first-order valence-corrected chi connectivity index (χ1v) is 6.60. The zero-order chi connectivity index (χ0) is 13.0. The van der Waals surface area contributed by atoms with Gasteiger partial charge in [0.15, 0.2) is 0 Å². The molecule has 0 aliphatic rings. The molecular weight excluding hydrogens is 290 g/mol. The van der Waals surface area contributed by atoms with Crippen LogP contribution < -0.4 is 11.3 Å². The first-order chi connectivity index (χ1) is 8.69. The molecule has 0 amide bonds. The number of nitrogens with one attached hydrogen (secondary N) is 1. The van der Waals surface area contributed by atoms with Gasteiger partial charge in [0, 0.05) is 16.9 Å². The lowest BCUT2D eigenvalue weighted by Crippen LogP contribution is -2.29. The number of benzene rings is 1. The van der Waals surface area contributed by atoms with Crippen molar-refractivity contribution in [3.63, 3.8) is 0 Å². The van der Waals surface area contributed by atoms with Gasteiger partial charge in [0.05, 0.1) is 6.04 Å². The van der Waals surface area contributed by atoms with Crippen LogP contribution in [0.4, 0.5) is 0 Å². The van der Waals surface area contributed by atoms with E-state index in [1.54, 1.807) is 6.20 Å². The standard InChI is InChI=1S/C14H16BrN3/c1-10-3-2-4-12(5-10)14(18-16)7-11-6-13(15)9-17-8-11/h2-6,8-9,14,18H,7,16H2,1H3. The van der Waals surface area contributed by atoms with Gasteiger partial charge < -0.3 is 0 Å². The number of hydrogen-bond donors (Lipinski definition) is 2. The summed E-state index contributed by atoms with van der Waals surface area (Å²) in [6.07, 6.45) is 4.46. The molecule has 1 unspecified atom stereocenters. The van der Waals surface area contributed by atoms with Crippen molar-refractivity contribution in [1.82, 2.24) is 10.4 Å². The molecule has 1 heterocycles. The third-order valence-corrected chi connectivity index (χ3v) is 3.28. The number of hydrazine groups is 1. The largest absolute Gasteiger partial charge is 0.271 e. The van der Waals surface area contributed by atoms with Crippen LogP contribution in [0.25, 0.3) is 0 Å². The topological polar surface area (TPSA) is 50.9 Å². The quantitative estimate of drug-likeness (QED) is 0.674. The minimum absolute atomic E-state index is 0.0981. The summed E-state index contributed by atoms with van der Waals surface area (Å²) in [6, 6.07) is 10.5. The van der Waals surface area contributed by atoms with Crippen LogP contribution in [0.3, 0.4) is 0 Å². The number of aryl methyl sites for hydroxylation is 1. The predicted molar refractivity (Wildman–Crippen MR) is 76.9 cm³/mol. The fourth-order valence-corrected chi connectivity index (χ4v) is 2.38. The summed E-state index contributed by atoms with van der Waals surface area (Å²) in [5, 5.41) is 0. The fraction of sp³-hybridized carbons (Fsp3) is 0.214. The van der Waals surface area contributed by atoms with Crippen LogP contribution in [0, 0.1) is 6.92 Å². The van der Waals surface area contributed by atoms with Crippen LogP contribution in [-0.4, -0.2) is 4.98 Å². The molecule has 1 aromatic heterocycles. The van der Waals surface area contributed by atoms with E-state index in [0.717, 1.165) is 16.5 Å². The van der Waals surface area contributed by atoms with E-state index in [-0.39, 0.29) is 6.04 Å². The maximum absolute atomic E-state index is 5.66. The highest BCUT2D eigenvalue weighted by atomic mass is 79.9. The zero-order valence-corrected chi connectivity index (χ0v) is 11.8. The zero-order valence-electron chi connectivity index (χ0n) is 10.2. The predicted octanol–water partition coefficient (Wildman–Crippen LogP) is 2.90. The third-order valence-electron chi connectivity index (χ3n) is 2.85. The van der Waals surface area contributed by atoms with Crippen molar-refractivity contribution in [3.05, 3.63) is 63.9 Å². The van der Waals surface area contributed by atoms with Crippen molar-refractivity contribution in [1.29, 1.82) is 0 Å². The molecule has 0 fully saturated rings. The van der Waals surface area contributed by atoms with E-state index in [1.165, 1.54) is 11.1 Å². The van der Waals surface area contributed by atoms with Gasteiger partial charge in [-0.3, -0.25) is 16.3 Å². The van der Waals surface area contributed by atoms with E-state index in [2.05, 4.69) is 57.5 Å². The maximum atomic E-state index is 5.66. The lowest BCUT2D eigenvalue weighted by Gasteiger charge is -2.17.